The van der Waals surface area contributed by atoms with Crippen LogP contribution in [-0.4, -0.2) is 48.1 Å². The summed E-state index contributed by atoms with van der Waals surface area (Å²) in [6.45, 7) is 1.12. The number of nitrogens with zero attached hydrogens (tertiary/aromatic N) is 2. The lowest BCUT2D eigenvalue weighted by atomic mass is 9.84. The van der Waals surface area contributed by atoms with E-state index in [2.05, 4.69) is 15.9 Å². The number of carbonyl (C=O) groups excluding carboxylic acids is 2. The molecule has 6 nitrogen and oxygen atoms in total. The maximum atomic E-state index is 13.0. The number of ether oxygens (including phenoxy) is 1. The first kappa shape index (κ1) is 20.1. The van der Waals surface area contributed by atoms with E-state index in [4.69, 9.17) is 4.74 Å². The molecule has 2 amide bonds. The van der Waals surface area contributed by atoms with Gasteiger partial charge in [-0.1, -0.05) is 28.1 Å². The molecule has 7 heteroatoms. The Balaban J connectivity index is 1.45. The lowest BCUT2D eigenvalue weighted by Gasteiger charge is -2.40. The normalized spacial score (nSPS) is 22.2. The predicted molar refractivity (Wildman–Crippen MR) is 113 cm³/mol. The molecule has 0 aliphatic carbocycles. The topological polar surface area (TPSA) is 70.1 Å². The molecule has 2 fully saturated rings. The summed E-state index contributed by atoms with van der Waals surface area (Å²) in [6.07, 6.45) is 1.21. The minimum absolute atomic E-state index is 0.168. The van der Waals surface area contributed by atoms with E-state index in [0.717, 1.165) is 10.0 Å². The van der Waals surface area contributed by atoms with Crippen molar-refractivity contribution in [3.05, 3.63) is 58.6 Å². The summed E-state index contributed by atoms with van der Waals surface area (Å²) in [6, 6.07) is 14.1. The van der Waals surface area contributed by atoms with Crippen molar-refractivity contribution in [3.63, 3.8) is 0 Å². The molecular formula is C22H23BrN2O4. The Morgan fingerprint density at radius 2 is 1.66 bits per heavy atom. The van der Waals surface area contributed by atoms with Crippen molar-refractivity contribution in [2.75, 3.05) is 25.1 Å². The van der Waals surface area contributed by atoms with E-state index in [0.29, 0.717) is 37.4 Å². The Labute approximate surface area is 178 Å². The van der Waals surface area contributed by atoms with Crippen molar-refractivity contribution in [1.29, 1.82) is 0 Å². The number of aliphatic hydroxyl groups is 1. The zero-order valence-corrected chi connectivity index (χ0v) is 17.8. The van der Waals surface area contributed by atoms with Gasteiger partial charge in [0.25, 0.3) is 5.91 Å². The molecule has 2 heterocycles. The van der Waals surface area contributed by atoms with Gasteiger partial charge >= 0.3 is 0 Å². The molecule has 4 rings (SSSR count). The van der Waals surface area contributed by atoms with Gasteiger partial charge in [-0.15, -0.1) is 0 Å². The maximum absolute atomic E-state index is 13.0. The largest absolute Gasteiger partial charge is 0.497 e. The molecule has 0 spiro atoms. The first-order valence-corrected chi connectivity index (χ1v) is 10.4. The number of methoxy groups -OCH3 is 1. The first-order chi connectivity index (χ1) is 13.9. The van der Waals surface area contributed by atoms with Gasteiger partial charge in [-0.2, -0.15) is 0 Å². The second kappa shape index (κ2) is 7.89. The monoisotopic (exact) mass is 458 g/mol. The van der Waals surface area contributed by atoms with E-state index >= 15 is 0 Å². The summed E-state index contributed by atoms with van der Waals surface area (Å²) in [4.78, 5) is 28.9. The third-order valence-corrected chi connectivity index (χ3v) is 6.43. The number of anilines is 1. The van der Waals surface area contributed by atoms with Crippen molar-refractivity contribution < 1.29 is 19.4 Å². The minimum Gasteiger partial charge on any atom is -0.497 e. The summed E-state index contributed by atoms with van der Waals surface area (Å²) in [5.74, 6) is 0.279. The summed E-state index contributed by atoms with van der Waals surface area (Å²) in [7, 11) is 1.57. The standard InChI is InChI=1S/C22H23BrN2O4/c1-29-18-8-6-17(7-9-18)25-20(26)14-19(21(25)27)24-12-10-22(28,11-13-24)15-2-4-16(23)5-3-15/h2-9,19,28H,10-14H2,1H3/t19-/m0/s1. The number of piperidine rings is 1. The first-order valence-electron chi connectivity index (χ1n) is 9.65. The maximum Gasteiger partial charge on any atom is 0.251 e. The van der Waals surface area contributed by atoms with Gasteiger partial charge in [-0.3, -0.25) is 14.5 Å². The molecule has 2 aliphatic heterocycles. The highest BCUT2D eigenvalue weighted by molar-refractivity contribution is 9.10. The van der Waals surface area contributed by atoms with Crippen molar-refractivity contribution in [2.45, 2.75) is 30.9 Å². The van der Waals surface area contributed by atoms with Gasteiger partial charge < -0.3 is 9.84 Å². The van der Waals surface area contributed by atoms with Gasteiger partial charge in [0.2, 0.25) is 5.91 Å². The van der Waals surface area contributed by atoms with E-state index < -0.39 is 11.6 Å². The molecule has 2 aliphatic rings. The van der Waals surface area contributed by atoms with Crippen molar-refractivity contribution in [2.24, 2.45) is 0 Å². The summed E-state index contributed by atoms with van der Waals surface area (Å²) in [5, 5.41) is 11.1. The fraction of sp³-hybridized carbons (Fsp3) is 0.364. The van der Waals surface area contributed by atoms with Crippen molar-refractivity contribution in [3.8, 4) is 5.75 Å². The molecule has 29 heavy (non-hydrogen) atoms. The zero-order valence-electron chi connectivity index (χ0n) is 16.2. The minimum atomic E-state index is -0.904. The molecule has 0 saturated carbocycles. The Morgan fingerprint density at radius 3 is 2.24 bits per heavy atom. The molecule has 0 bridgehead atoms. The Morgan fingerprint density at radius 1 is 1.03 bits per heavy atom. The fourth-order valence-corrected chi connectivity index (χ4v) is 4.42. The third-order valence-electron chi connectivity index (χ3n) is 5.90. The summed E-state index contributed by atoms with van der Waals surface area (Å²) < 4.78 is 6.11. The number of likely N-dealkylation sites (tertiary alicyclic amines) is 1. The van der Waals surface area contributed by atoms with Crippen LogP contribution in [0.1, 0.15) is 24.8 Å². The molecule has 0 radical (unpaired) electrons. The molecule has 0 aromatic heterocycles. The van der Waals surface area contributed by atoms with Crippen LogP contribution in [0.25, 0.3) is 0 Å². The van der Waals surface area contributed by atoms with Gasteiger partial charge in [0.05, 0.1) is 30.9 Å². The number of carbonyl (C=O) groups is 2. The fourth-order valence-electron chi connectivity index (χ4n) is 4.16. The number of benzene rings is 2. The number of imide groups is 1. The van der Waals surface area contributed by atoms with Gasteiger partial charge in [0, 0.05) is 17.6 Å². The second-order valence-electron chi connectivity index (χ2n) is 7.56. The van der Waals surface area contributed by atoms with Gasteiger partial charge in [0.15, 0.2) is 0 Å². The lowest BCUT2D eigenvalue weighted by Crippen LogP contribution is -2.49. The zero-order chi connectivity index (χ0) is 20.6. The van der Waals surface area contributed by atoms with Crippen LogP contribution in [0, 0.1) is 0 Å². The van der Waals surface area contributed by atoms with Crippen LogP contribution in [0.15, 0.2) is 53.0 Å². The molecule has 2 saturated heterocycles. The highest BCUT2D eigenvalue weighted by Crippen LogP contribution is 2.36. The highest BCUT2D eigenvalue weighted by atomic mass is 79.9. The van der Waals surface area contributed by atoms with Crippen LogP contribution in [-0.2, 0) is 15.2 Å². The molecule has 2 aromatic rings. The smallest absolute Gasteiger partial charge is 0.251 e. The van der Waals surface area contributed by atoms with Crippen LogP contribution in [0.4, 0.5) is 5.69 Å². The SMILES string of the molecule is COc1ccc(N2C(=O)C[C@H](N3CCC(O)(c4ccc(Br)cc4)CC3)C2=O)cc1. The van der Waals surface area contributed by atoms with E-state index in [1.54, 1.807) is 31.4 Å². The van der Waals surface area contributed by atoms with Gasteiger partial charge in [-0.25, -0.2) is 4.90 Å². The van der Waals surface area contributed by atoms with E-state index in [9.17, 15) is 14.7 Å². The van der Waals surface area contributed by atoms with E-state index in [1.807, 2.05) is 29.2 Å². The summed E-state index contributed by atoms with van der Waals surface area (Å²) >= 11 is 3.42. The van der Waals surface area contributed by atoms with Crippen molar-refractivity contribution in [1.82, 2.24) is 4.90 Å². The highest BCUT2D eigenvalue weighted by Gasteiger charge is 2.45. The van der Waals surface area contributed by atoms with E-state index in [-0.39, 0.29) is 18.2 Å². The molecular weight excluding hydrogens is 436 g/mol. The molecule has 0 unspecified atom stereocenters. The molecule has 2 aromatic carbocycles. The number of hydrogen-bond acceptors (Lipinski definition) is 5. The Kier molecular flexibility index (Phi) is 5.46. The van der Waals surface area contributed by atoms with E-state index in [1.165, 1.54) is 4.90 Å². The van der Waals surface area contributed by atoms with Crippen molar-refractivity contribution >= 4 is 33.4 Å². The second-order valence-corrected chi connectivity index (χ2v) is 8.48. The molecule has 1 N–H and O–H groups in total. The number of rotatable bonds is 4. The Hall–Kier alpha value is -2.22. The average Bonchev–Trinajstić information content (AvgIpc) is 3.03. The predicted octanol–water partition coefficient (Wildman–Crippen LogP) is 3.07. The van der Waals surface area contributed by atoms with Crippen LogP contribution in [0.2, 0.25) is 0 Å². The molecule has 1 atom stereocenters. The lowest BCUT2D eigenvalue weighted by molar-refractivity contribution is -0.124. The Bertz CT molecular complexity index is 905. The van der Waals surface area contributed by atoms with Crippen LogP contribution in [0.3, 0.4) is 0 Å². The average molecular weight is 459 g/mol. The number of amides is 2. The number of hydrogen-bond donors (Lipinski definition) is 1. The van der Waals surface area contributed by atoms with Crippen LogP contribution < -0.4 is 9.64 Å². The third kappa shape index (κ3) is 3.82. The van der Waals surface area contributed by atoms with Crippen LogP contribution >= 0.6 is 15.9 Å². The quantitative estimate of drug-likeness (QED) is 0.712. The molecule has 152 valence electrons. The van der Waals surface area contributed by atoms with Gasteiger partial charge in [-0.05, 0) is 54.8 Å². The van der Waals surface area contributed by atoms with Crippen LogP contribution in [0.5, 0.6) is 5.75 Å². The van der Waals surface area contributed by atoms with Gasteiger partial charge in [0.1, 0.15) is 5.75 Å². The summed E-state index contributed by atoms with van der Waals surface area (Å²) in [5.41, 5.74) is 0.541. The number of halogens is 1.